The van der Waals surface area contributed by atoms with Gasteiger partial charge in [0, 0.05) is 13.1 Å². The van der Waals surface area contributed by atoms with Gasteiger partial charge in [-0.2, -0.15) is 0 Å². The third-order valence-electron chi connectivity index (χ3n) is 4.12. The Morgan fingerprint density at radius 3 is 2.35 bits per heavy atom. The van der Waals surface area contributed by atoms with Crippen molar-refractivity contribution in [2.45, 2.75) is 46.6 Å². The molecule has 0 spiro atoms. The highest BCUT2D eigenvalue weighted by Crippen LogP contribution is 2.11. The van der Waals surface area contributed by atoms with E-state index in [1.807, 2.05) is 0 Å². The number of piperidine rings is 1. The fraction of sp³-hybridized carbons (Fsp3) is 0.667. The van der Waals surface area contributed by atoms with E-state index in [1.165, 1.54) is 55.6 Å². The van der Waals surface area contributed by atoms with Gasteiger partial charge in [-0.15, -0.1) is 0 Å². The quantitative estimate of drug-likeness (QED) is 0.854. The van der Waals surface area contributed by atoms with Crippen LogP contribution >= 0.6 is 0 Å². The normalized spacial score (nSPS) is 18.1. The second-order valence-corrected chi connectivity index (χ2v) is 6.59. The van der Waals surface area contributed by atoms with Crippen molar-refractivity contribution in [2.24, 2.45) is 5.92 Å². The molecule has 0 bridgehead atoms. The SMILES string of the molecule is Cc1cc(C)cc(CNCC(C)CN2CCCCC2)c1. The third-order valence-corrected chi connectivity index (χ3v) is 4.12. The summed E-state index contributed by atoms with van der Waals surface area (Å²) in [5.74, 6) is 0.735. The van der Waals surface area contributed by atoms with Gasteiger partial charge < -0.3 is 10.2 Å². The molecule has 0 amide bonds. The molecular formula is C18H30N2. The summed E-state index contributed by atoms with van der Waals surface area (Å²) in [6.45, 7) is 12.7. The molecule has 1 fully saturated rings. The first-order valence-electron chi connectivity index (χ1n) is 8.14. The fourth-order valence-corrected chi connectivity index (χ4v) is 3.28. The van der Waals surface area contributed by atoms with Gasteiger partial charge in [0.2, 0.25) is 0 Å². The summed E-state index contributed by atoms with van der Waals surface area (Å²) >= 11 is 0. The summed E-state index contributed by atoms with van der Waals surface area (Å²) in [6, 6.07) is 6.81. The summed E-state index contributed by atoms with van der Waals surface area (Å²) in [4.78, 5) is 2.63. The lowest BCUT2D eigenvalue weighted by atomic mass is 10.1. The van der Waals surface area contributed by atoms with Crippen molar-refractivity contribution in [2.75, 3.05) is 26.2 Å². The van der Waals surface area contributed by atoms with Gasteiger partial charge >= 0.3 is 0 Å². The van der Waals surface area contributed by atoms with Gasteiger partial charge in [-0.1, -0.05) is 42.7 Å². The van der Waals surface area contributed by atoms with Crippen LogP contribution in [-0.2, 0) is 6.54 Å². The fourth-order valence-electron chi connectivity index (χ4n) is 3.28. The standard InChI is InChI=1S/C18H30N2/c1-15-9-16(2)11-18(10-15)13-19-12-17(3)14-20-7-5-4-6-8-20/h9-11,17,19H,4-8,12-14H2,1-3H3. The molecule has 1 N–H and O–H groups in total. The van der Waals surface area contributed by atoms with E-state index in [2.05, 4.69) is 49.2 Å². The molecule has 1 saturated heterocycles. The topological polar surface area (TPSA) is 15.3 Å². The van der Waals surface area contributed by atoms with Crippen molar-refractivity contribution < 1.29 is 0 Å². The van der Waals surface area contributed by atoms with Crippen molar-refractivity contribution in [3.63, 3.8) is 0 Å². The first kappa shape index (κ1) is 15.5. The first-order chi connectivity index (χ1) is 9.63. The van der Waals surface area contributed by atoms with E-state index in [9.17, 15) is 0 Å². The molecule has 0 saturated carbocycles. The Hall–Kier alpha value is -0.860. The number of rotatable bonds is 6. The van der Waals surface area contributed by atoms with E-state index in [-0.39, 0.29) is 0 Å². The molecule has 1 unspecified atom stereocenters. The Bertz CT molecular complexity index is 388. The summed E-state index contributed by atoms with van der Waals surface area (Å²) in [6.07, 6.45) is 4.21. The van der Waals surface area contributed by atoms with E-state index in [4.69, 9.17) is 0 Å². The molecule has 0 aliphatic carbocycles. The zero-order chi connectivity index (χ0) is 14.4. The second-order valence-electron chi connectivity index (χ2n) is 6.59. The molecule has 1 heterocycles. The number of hydrogen-bond acceptors (Lipinski definition) is 2. The van der Waals surface area contributed by atoms with Crippen LogP contribution in [0.15, 0.2) is 18.2 Å². The lowest BCUT2D eigenvalue weighted by Gasteiger charge is -2.29. The summed E-state index contributed by atoms with van der Waals surface area (Å²) in [5, 5.41) is 3.62. The van der Waals surface area contributed by atoms with E-state index >= 15 is 0 Å². The Morgan fingerprint density at radius 1 is 1.05 bits per heavy atom. The maximum Gasteiger partial charge on any atom is 0.0205 e. The number of nitrogens with one attached hydrogen (secondary N) is 1. The maximum absolute atomic E-state index is 3.62. The molecule has 0 aromatic heterocycles. The van der Waals surface area contributed by atoms with E-state index < -0.39 is 0 Å². The van der Waals surface area contributed by atoms with Crippen LogP contribution in [0.3, 0.4) is 0 Å². The second kappa shape index (κ2) is 7.80. The zero-order valence-corrected chi connectivity index (χ0v) is 13.4. The predicted octanol–water partition coefficient (Wildman–Crippen LogP) is 3.52. The highest BCUT2D eigenvalue weighted by Gasteiger charge is 2.13. The molecule has 2 heteroatoms. The lowest BCUT2D eigenvalue weighted by molar-refractivity contribution is 0.199. The van der Waals surface area contributed by atoms with Crippen LogP contribution in [0.4, 0.5) is 0 Å². The number of hydrogen-bond donors (Lipinski definition) is 1. The van der Waals surface area contributed by atoms with Crippen LogP contribution < -0.4 is 5.32 Å². The lowest BCUT2D eigenvalue weighted by Crippen LogP contribution is -2.36. The number of benzene rings is 1. The van der Waals surface area contributed by atoms with Gasteiger partial charge in [0.05, 0.1) is 0 Å². The van der Waals surface area contributed by atoms with Gasteiger partial charge in [0.25, 0.3) is 0 Å². The highest BCUT2D eigenvalue weighted by molar-refractivity contribution is 5.28. The molecule has 112 valence electrons. The van der Waals surface area contributed by atoms with Crippen molar-refractivity contribution in [1.29, 1.82) is 0 Å². The minimum absolute atomic E-state index is 0.735. The van der Waals surface area contributed by atoms with Gasteiger partial charge in [-0.05, 0) is 57.8 Å². The molecule has 1 aliphatic rings. The Morgan fingerprint density at radius 2 is 1.70 bits per heavy atom. The molecule has 1 aliphatic heterocycles. The predicted molar refractivity (Wildman–Crippen MR) is 87.1 cm³/mol. The average Bonchev–Trinajstić information content (AvgIpc) is 2.38. The van der Waals surface area contributed by atoms with E-state index in [0.29, 0.717) is 0 Å². The molecule has 0 radical (unpaired) electrons. The van der Waals surface area contributed by atoms with Crippen LogP contribution in [-0.4, -0.2) is 31.1 Å². The maximum atomic E-state index is 3.62. The number of aryl methyl sites for hydroxylation is 2. The van der Waals surface area contributed by atoms with Crippen molar-refractivity contribution in [3.8, 4) is 0 Å². The smallest absolute Gasteiger partial charge is 0.0205 e. The Kier molecular flexibility index (Phi) is 6.06. The Balaban J connectivity index is 1.69. The van der Waals surface area contributed by atoms with Crippen molar-refractivity contribution >= 4 is 0 Å². The van der Waals surface area contributed by atoms with E-state index in [1.54, 1.807) is 0 Å². The van der Waals surface area contributed by atoms with Crippen molar-refractivity contribution in [1.82, 2.24) is 10.2 Å². The minimum Gasteiger partial charge on any atom is -0.312 e. The summed E-state index contributed by atoms with van der Waals surface area (Å²) < 4.78 is 0. The third kappa shape index (κ3) is 5.26. The molecule has 2 nitrogen and oxygen atoms in total. The number of likely N-dealkylation sites (tertiary alicyclic amines) is 1. The molecular weight excluding hydrogens is 244 g/mol. The van der Waals surface area contributed by atoms with Crippen LogP contribution in [0.2, 0.25) is 0 Å². The Labute approximate surface area is 124 Å². The van der Waals surface area contributed by atoms with Crippen LogP contribution in [0.5, 0.6) is 0 Å². The molecule has 20 heavy (non-hydrogen) atoms. The van der Waals surface area contributed by atoms with Crippen molar-refractivity contribution in [3.05, 3.63) is 34.9 Å². The van der Waals surface area contributed by atoms with Gasteiger partial charge in [0.15, 0.2) is 0 Å². The van der Waals surface area contributed by atoms with Gasteiger partial charge in [0.1, 0.15) is 0 Å². The summed E-state index contributed by atoms with van der Waals surface area (Å²) in [5.41, 5.74) is 4.14. The minimum atomic E-state index is 0.735. The summed E-state index contributed by atoms with van der Waals surface area (Å²) in [7, 11) is 0. The molecule has 2 rings (SSSR count). The first-order valence-corrected chi connectivity index (χ1v) is 8.14. The average molecular weight is 274 g/mol. The largest absolute Gasteiger partial charge is 0.312 e. The van der Waals surface area contributed by atoms with Gasteiger partial charge in [-0.3, -0.25) is 0 Å². The molecule has 1 atom stereocenters. The monoisotopic (exact) mass is 274 g/mol. The van der Waals surface area contributed by atoms with E-state index in [0.717, 1.165) is 19.0 Å². The van der Waals surface area contributed by atoms with Crippen LogP contribution in [0.1, 0.15) is 42.9 Å². The zero-order valence-electron chi connectivity index (χ0n) is 13.4. The number of nitrogens with zero attached hydrogens (tertiary/aromatic N) is 1. The molecule has 1 aromatic rings. The molecule has 1 aromatic carbocycles. The van der Waals surface area contributed by atoms with Crippen LogP contribution in [0.25, 0.3) is 0 Å². The van der Waals surface area contributed by atoms with Gasteiger partial charge in [-0.25, -0.2) is 0 Å². The highest BCUT2D eigenvalue weighted by atomic mass is 15.1. The van der Waals surface area contributed by atoms with Crippen LogP contribution in [0, 0.1) is 19.8 Å².